The molecule has 1 aliphatic heterocycles. The normalized spacial score (nSPS) is 18.8. The van der Waals surface area contributed by atoms with Gasteiger partial charge in [0.2, 0.25) is 6.29 Å². The summed E-state index contributed by atoms with van der Waals surface area (Å²) in [5.41, 5.74) is 2.41. The Hall–Kier alpha value is -0.846. The van der Waals surface area contributed by atoms with Crippen LogP contribution in [-0.2, 0) is 9.16 Å². The first kappa shape index (κ1) is 21.5. The van der Waals surface area contributed by atoms with E-state index in [0.717, 1.165) is 17.4 Å². The van der Waals surface area contributed by atoms with Crippen molar-refractivity contribution in [2.75, 3.05) is 0 Å². The Morgan fingerprint density at radius 1 is 0.923 bits per heavy atom. The minimum absolute atomic E-state index is 0.159. The van der Waals surface area contributed by atoms with E-state index in [1.54, 1.807) is 0 Å². The fourth-order valence-electron chi connectivity index (χ4n) is 2.59. The van der Waals surface area contributed by atoms with Crippen molar-refractivity contribution in [2.24, 2.45) is 0 Å². The Bertz CT molecular complexity index is 676. The van der Waals surface area contributed by atoms with E-state index in [1.807, 2.05) is 0 Å². The van der Waals surface area contributed by atoms with Crippen molar-refractivity contribution in [1.82, 2.24) is 0 Å². The summed E-state index contributed by atoms with van der Waals surface area (Å²) < 4.78 is 13.2. The highest BCUT2D eigenvalue weighted by Crippen LogP contribution is 2.46. The molecule has 0 saturated carbocycles. The van der Waals surface area contributed by atoms with Crippen molar-refractivity contribution in [3.05, 3.63) is 41.2 Å². The van der Waals surface area contributed by atoms with Crippen molar-refractivity contribution in [3.63, 3.8) is 0 Å². The van der Waals surface area contributed by atoms with Gasteiger partial charge >= 0.3 is 0 Å². The van der Waals surface area contributed by atoms with E-state index >= 15 is 0 Å². The molecule has 4 heteroatoms. The maximum Gasteiger partial charge on any atom is 0.217 e. The highest BCUT2D eigenvalue weighted by molar-refractivity contribution is 6.80. The summed E-state index contributed by atoms with van der Waals surface area (Å²) >= 11 is 0. The van der Waals surface area contributed by atoms with E-state index in [-0.39, 0.29) is 11.3 Å². The van der Waals surface area contributed by atoms with Gasteiger partial charge in [-0.2, -0.15) is 0 Å². The summed E-state index contributed by atoms with van der Waals surface area (Å²) in [6.45, 7) is 23.4. The van der Waals surface area contributed by atoms with Crippen LogP contribution >= 0.6 is 0 Å². The molecule has 0 N–H and O–H groups in total. The van der Waals surface area contributed by atoms with Crippen LogP contribution in [0.1, 0.15) is 59.0 Å². The molecule has 2 rings (SSSR count). The molecule has 146 valence electrons. The maximum atomic E-state index is 6.69. The Kier molecular flexibility index (Phi) is 5.74. The average molecular weight is 391 g/mol. The van der Waals surface area contributed by atoms with Crippen LogP contribution in [0.15, 0.2) is 30.0 Å². The molecule has 1 heterocycles. The fourth-order valence-corrected chi connectivity index (χ4v) is 5.24. The Morgan fingerprint density at radius 2 is 1.50 bits per heavy atom. The van der Waals surface area contributed by atoms with E-state index in [2.05, 4.69) is 98.1 Å². The molecule has 0 amide bonds. The van der Waals surface area contributed by atoms with Gasteiger partial charge in [0.15, 0.2) is 8.32 Å². The van der Waals surface area contributed by atoms with Crippen molar-refractivity contribution < 1.29 is 9.16 Å². The second-order valence-electron chi connectivity index (χ2n) is 10.9. The number of ether oxygens (including phenoxy) is 1. The minimum Gasteiger partial charge on any atom is -0.466 e. The van der Waals surface area contributed by atoms with Gasteiger partial charge in [0.25, 0.3) is 0 Å². The molecule has 0 saturated heterocycles. The van der Waals surface area contributed by atoms with Gasteiger partial charge in [-0.1, -0.05) is 78.9 Å². The van der Waals surface area contributed by atoms with Crippen molar-refractivity contribution in [3.8, 4) is 0 Å². The lowest BCUT2D eigenvalue weighted by Gasteiger charge is -2.42. The summed E-state index contributed by atoms with van der Waals surface area (Å²) in [6.07, 6.45) is 1.96. The molecule has 0 aliphatic carbocycles. The molecule has 0 radical (unpaired) electrons. The third kappa shape index (κ3) is 4.52. The van der Waals surface area contributed by atoms with Crippen LogP contribution in [0.3, 0.4) is 0 Å². The van der Waals surface area contributed by atoms with Crippen LogP contribution < -0.4 is 0 Å². The Morgan fingerprint density at radius 3 is 2.04 bits per heavy atom. The number of rotatable bonds is 4. The molecule has 1 aliphatic rings. The Labute approximate surface area is 163 Å². The van der Waals surface area contributed by atoms with E-state index < -0.39 is 16.4 Å². The van der Waals surface area contributed by atoms with E-state index in [9.17, 15) is 0 Å². The second kappa shape index (κ2) is 6.95. The summed E-state index contributed by atoms with van der Waals surface area (Å²) in [5.74, 6) is 1.10. The lowest BCUT2D eigenvalue weighted by molar-refractivity contribution is -0.0579. The van der Waals surface area contributed by atoms with E-state index in [0.29, 0.717) is 5.04 Å². The van der Waals surface area contributed by atoms with Crippen LogP contribution in [0.2, 0.25) is 42.3 Å². The Balaban J connectivity index is 2.35. The lowest BCUT2D eigenvalue weighted by Crippen LogP contribution is -2.43. The van der Waals surface area contributed by atoms with Crippen molar-refractivity contribution in [2.45, 2.75) is 90.1 Å². The maximum absolute atomic E-state index is 6.69. The first-order chi connectivity index (χ1) is 11.6. The van der Waals surface area contributed by atoms with E-state index in [4.69, 9.17) is 9.16 Å². The van der Waals surface area contributed by atoms with E-state index in [1.165, 1.54) is 5.56 Å². The molecule has 0 aromatic heterocycles. The summed E-state index contributed by atoms with van der Waals surface area (Å²) in [4.78, 5) is 0. The van der Waals surface area contributed by atoms with Crippen molar-refractivity contribution in [1.29, 1.82) is 0 Å². The monoisotopic (exact) mass is 390 g/mol. The predicted octanol–water partition coefficient (Wildman–Crippen LogP) is 7.59. The van der Waals surface area contributed by atoms with Crippen LogP contribution in [0, 0.1) is 0 Å². The van der Waals surface area contributed by atoms with Gasteiger partial charge in [0.05, 0.1) is 13.8 Å². The van der Waals surface area contributed by atoms with Crippen molar-refractivity contribution >= 4 is 22.5 Å². The van der Waals surface area contributed by atoms with Gasteiger partial charge in [-0.05, 0) is 34.8 Å². The number of fused-ring (bicyclic) bond motifs is 1. The zero-order valence-electron chi connectivity index (χ0n) is 18.5. The molecule has 0 fully saturated rings. The smallest absolute Gasteiger partial charge is 0.217 e. The average Bonchev–Trinajstić information content (AvgIpc) is 2.44. The number of benzene rings is 1. The predicted molar refractivity (Wildman–Crippen MR) is 119 cm³/mol. The minimum atomic E-state index is -1.93. The SMILES string of the molecule is CC(C)(C)[Si](C)(C)CC1=Cc2ccccc2C(O[Si](C)(C)C(C)(C)C)O1. The summed E-state index contributed by atoms with van der Waals surface area (Å²) in [6, 6.07) is 9.56. The summed E-state index contributed by atoms with van der Waals surface area (Å²) in [5, 5.41) is 0.496. The number of hydrogen-bond donors (Lipinski definition) is 0. The topological polar surface area (TPSA) is 18.5 Å². The second-order valence-corrected chi connectivity index (χ2v) is 21.3. The van der Waals surface area contributed by atoms with Gasteiger partial charge < -0.3 is 9.16 Å². The van der Waals surface area contributed by atoms with Crippen LogP contribution in [0.25, 0.3) is 6.08 Å². The van der Waals surface area contributed by atoms with Gasteiger partial charge in [-0.25, -0.2) is 0 Å². The summed E-state index contributed by atoms with van der Waals surface area (Å²) in [7, 11) is -3.40. The molecule has 1 unspecified atom stereocenters. The number of allylic oxidation sites excluding steroid dienone is 1. The largest absolute Gasteiger partial charge is 0.466 e. The highest BCUT2D eigenvalue weighted by Gasteiger charge is 2.42. The molecular weight excluding hydrogens is 352 g/mol. The van der Waals surface area contributed by atoms with Crippen LogP contribution in [0.4, 0.5) is 0 Å². The molecule has 0 bridgehead atoms. The van der Waals surface area contributed by atoms with Gasteiger partial charge in [-0.3, -0.25) is 0 Å². The van der Waals surface area contributed by atoms with Gasteiger partial charge in [0.1, 0.15) is 0 Å². The third-order valence-corrected chi connectivity index (χ3v) is 16.4. The molecule has 0 spiro atoms. The molecule has 1 aromatic carbocycles. The third-order valence-electron chi connectivity index (χ3n) is 6.68. The van der Waals surface area contributed by atoms with Crippen LogP contribution in [-0.4, -0.2) is 16.4 Å². The lowest BCUT2D eigenvalue weighted by atomic mass is 10.0. The first-order valence-corrected chi connectivity index (χ1v) is 15.9. The molecule has 1 aromatic rings. The zero-order chi connectivity index (χ0) is 20.0. The van der Waals surface area contributed by atoms with Gasteiger partial charge in [-0.15, -0.1) is 0 Å². The molecule has 2 nitrogen and oxygen atoms in total. The highest BCUT2D eigenvalue weighted by atomic mass is 28.4. The quantitative estimate of drug-likeness (QED) is 0.493. The first-order valence-electron chi connectivity index (χ1n) is 9.78. The standard InChI is InChI=1S/C22H38O2Si2/c1-21(2,3)25(7,8)16-18-15-17-13-11-12-14-19(17)20(23-18)24-26(9,10)22(4,5)6/h11-15,20H,16H2,1-10H3. The fraction of sp³-hybridized carbons (Fsp3) is 0.636. The zero-order valence-corrected chi connectivity index (χ0v) is 20.5. The molecular formula is C22H38O2Si2. The molecule has 1 atom stereocenters. The number of hydrogen-bond acceptors (Lipinski definition) is 2. The van der Waals surface area contributed by atoms with Gasteiger partial charge in [0, 0.05) is 11.6 Å². The van der Waals surface area contributed by atoms with Crippen LogP contribution in [0.5, 0.6) is 0 Å². The molecule has 26 heavy (non-hydrogen) atoms.